The average molecular weight is 536 g/mol. The van der Waals surface area contributed by atoms with E-state index in [1.807, 2.05) is 0 Å². The number of hydrogen-bond acceptors (Lipinski definition) is 12. The summed E-state index contributed by atoms with van der Waals surface area (Å²) in [6.45, 7) is 0. The normalized spacial score (nSPS) is 11.6. The van der Waals surface area contributed by atoms with Gasteiger partial charge in [-0.3, -0.25) is 0 Å². The number of benzene rings is 2. The van der Waals surface area contributed by atoms with Gasteiger partial charge in [0.1, 0.15) is 33.8 Å². The molecule has 12 nitrogen and oxygen atoms in total. The van der Waals surface area contributed by atoms with Gasteiger partial charge in [-0.15, -0.1) is 0 Å². The molecule has 0 unspecified atom stereocenters. The van der Waals surface area contributed by atoms with Crippen LogP contribution in [0.3, 0.4) is 0 Å². The van der Waals surface area contributed by atoms with Crippen LogP contribution in [0.5, 0.6) is 34.5 Å². The third-order valence-electron chi connectivity index (χ3n) is 6.65. The van der Waals surface area contributed by atoms with Gasteiger partial charge in [0.2, 0.25) is 11.5 Å². The molecular weight excluding hydrogens is 516 g/mol. The molecule has 0 aliphatic rings. The van der Waals surface area contributed by atoms with Crippen molar-refractivity contribution in [3.63, 3.8) is 0 Å². The first-order valence-electron chi connectivity index (χ1n) is 11.5. The Morgan fingerprint density at radius 1 is 0.615 bits per heavy atom. The van der Waals surface area contributed by atoms with Crippen LogP contribution in [-0.2, 0) is 6.42 Å². The molecule has 39 heavy (non-hydrogen) atoms. The second-order valence-electron chi connectivity index (χ2n) is 8.48. The molecule has 6 rings (SSSR count). The minimum atomic E-state index is -0.986. The van der Waals surface area contributed by atoms with Gasteiger partial charge in [-0.2, -0.15) is 0 Å². The van der Waals surface area contributed by atoms with E-state index in [0.717, 1.165) is 0 Å². The summed E-state index contributed by atoms with van der Waals surface area (Å²) in [5.74, 6) is -0.625. The molecule has 0 aliphatic heterocycles. The Morgan fingerprint density at radius 2 is 1.00 bits per heavy atom. The zero-order chi connectivity index (χ0) is 27.6. The predicted molar refractivity (Wildman–Crippen MR) is 137 cm³/mol. The first kappa shape index (κ1) is 24.1. The minimum absolute atomic E-state index is 0.0156. The zero-order valence-corrected chi connectivity index (χ0v) is 21.0. The first-order chi connectivity index (χ1) is 18.9. The predicted octanol–water partition coefficient (Wildman–Crippen LogP) is 4.43. The van der Waals surface area contributed by atoms with Gasteiger partial charge in [0.25, 0.3) is 0 Å². The average Bonchev–Trinajstić information content (AvgIpc) is 3.60. The van der Waals surface area contributed by atoms with Crippen molar-refractivity contribution < 1.29 is 46.8 Å². The molecule has 4 aromatic heterocycles. The molecule has 0 radical (unpaired) electrons. The van der Waals surface area contributed by atoms with Crippen LogP contribution in [0.25, 0.3) is 43.9 Å². The third kappa shape index (κ3) is 3.17. The Bertz CT molecular complexity index is 1910. The van der Waals surface area contributed by atoms with E-state index in [0.29, 0.717) is 10.8 Å². The molecule has 2 N–H and O–H groups in total. The van der Waals surface area contributed by atoms with E-state index < -0.39 is 29.2 Å². The van der Waals surface area contributed by atoms with Crippen LogP contribution in [0.2, 0.25) is 0 Å². The number of furan rings is 2. The van der Waals surface area contributed by atoms with Crippen LogP contribution in [0.15, 0.2) is 51.9 Å². The molecule has 0 spiro atoms. The highest BCUT2D eigenvalue weighted by Gasteiger charge is 2.30. The smallest absolute Gasteiger partial charge is 0.343 e. The Labute approximate surface area is 217 Å². The fourth-order valence-corrected chi connectivity index (χ4v) is 4.95. The second-order valence-corrected chi connectivity index (χ2v) is 8.48. The molecule has 0 aliphatic carbocycles. The fourth-order valence-electron chi connectivity index (χ4n) is 4.95. The van der Waals surface area contributed by atoms with E-state index in [-0.39, 0.29) is 67.2 Å². The summed E-state index contributed by atoms with van der Waals surface area (Å²) in [6.07, 6.45) is 2.22. The standard InChI is InChI=1S/C27H20O12/c1-32-18-10-5-7-36-20(10)24(34-3)22-14(18)16(28)12(26(30)38-22)9-13-17(29)15-19(33-2)11-6-8-37-21(11)25(35-4)23(15)39-27(13)31/h5-8,28-29H,9H2,1-4H3. The van der Waals surface area contributed by atoms with Crippen LogP contribution in [0.1, 0.15) is 11.1 Å². The van der Waals surface area contributed by atoms with E-state index in [9.17, 15) is 19.8 Å². The summed E-state index contributed by atoms with van der Waals surface area (Å²) in [5.41, 5.74) is -2.38. The molecule has 0 bridgehead atoms. The number of rotatable bonds is 6. The van der Waals surface area contributed by atoms with Crippen LogP contribution < -0.4 is 30.2 Å². The van der Waals surface area contributed by atoms with E-state index in [1.165, 1.54) is 41.0 Å². The molecule has 0 fully saturated rings. The van der Waals surface area contributed by atoms with Gasteiger partial charge in [-0.1, -0.05) is 0 Å². The maximum atomic E-state index is 13.1. The first-order valence-corrected chi connectivity index (χ1v) is 11.5. The molecule has 12 heteroatoms. The number of aromatic hydroxyl groups is 2. The van der Waals surface area contributed by atoms with Crippen molar-refractivity contribution in [1.29, 1.82) is 0 Å². The van der Waals surface area contributed by atoms with Crippen LogP contribution in [-0.4, -0.2) is 38.7 Å². The highest BCUT2D eigenvalue weighted by atomic mass is 16.5. The largest absolute Gasteiger partial charge is 0.506 e. The summed E-state index contributed by atoms with van der Waals surface area (Å²) in [4.78, 5) is 26.3. The molecule has 0 saturated carbocycles. The summed E-state index contributed by atoms with van der Waals surface area (Å²) < 4.78 is 43.8. The van der Waals surface area contributed by atoms with Crippen molar-refractivity contribution in [2.24, 2.45) is 0 Å². The van der Waals surface area contributed by atoms with Crippen molar-refractivity contribution in [2.75, 3.05) is 28.4 Å². The quantitative estimate of drug-likeness (QED) is 0.288. The Hall–Kier alpha value is -5.26. The molecule has 0 saturated heterocycles. The minimum Gasteiger partial charge on any atom is -0.506 e. The molecule has 200 valence electrons. The lowest BCUT2D eigenvalue weighted by Crippen LogP contribution is -2.15. The molecule has 6 aromatic rings. The Kier molecular flexibility index (Phi) is 5.35. The second kappa shape index (κ2) is 8.65. The van der Waals surface area contributed by atoms with Crippen molar-refractivity contribution in [2.45, 2.75) is 6.42 Å². The van der Waals surface area contributed by atoms with Gasteiger partial charge < -0.3 is 46.8 Å². The lowest BCUT2D eigenvalue weighted by molar-refractivity contribution is 0.391. The van der Waals surface area contributed by atoms with Gasteiger partial charge >= 0.3 is 11.3 Å². The van der Waals surface area contributed by atoms with Gasteiger partial charge in [0.15, 0.2) is 22.3 Å². The van der Waals surface area contributed by atoms with Gasteiger partial charge in [0, 0.05) is 6.42 Å². The zero-order valence-electron chi connectivity index (χ0n) is 21.0. The number of ether oxygens (including phenoxy) is 4. The van der Waals surface area contributed by atoms with Gasteiger partial charge in [-0.05, 0) is 12.1 Å². The van der Waals surface area contributed by atoms with Crippen molar-refractivity contribution in [1.82, 2.24) is 0 Å². The molecule has 4 heterocycles. The van der Waals surface area contributed by atoms with Crippen LogP contribution in [0.4, 0.5) is 0 Å². The van der Waals surface area contributed by atoms with Gasteiger partial charge in [-0.25, -0.2) is 9.59 Å². The van der Waals surface area contributed by atoms with Gasteiger partial charge in [0.05, 0.1) is 62.9 Å². The Balaban J connectivity index is 1.66. The third-order valence-corrected chi connectivity index (χ3v) is 6.65. The Morgan fingerprint density at radius 3 is 1.36 bits per heavy atom. The van der Waals surface area contributed by atoms with E-state index in [1.54, 1.807) is 12.1 Å². The number of hydrogen-bond donors (Lipinski definition) is 2. The summed E-state index contributed by atoms with van der Waals surface area (Å²) in [5, 5.41) is 23.6. The van der Waals surface area contributed by atoms with Crippen LogP contribution in [0, 0.1) is 0 Å². The molecular formula is C27H20O12. The monoisotopic (exact) mass is 536 g/mol. The highest BCUT2D eigenvalue weighted by Crippen LogP contribution is 2.49. The topological polar surface area (TPSA) is 164 Å². The SMILES string of the molecule is COc1c2occc2c(OC)c2c(O)c(Cc3c(O)c4c(OC)c5ccoc5c(OC)c4oc3=O)c(=O)oc12. The van der Waals surface area contributed by atoms with E-state index >= 15 is 0 Å². The molecule has 0 amide bonds. The maximum Gasteiger partial charge on any atom is 0.343 e. The van der Waals surface area contributed by atoms with Crippen molar-refractivity contribution in [3.05, 3.63) is 56.6 Å². The number of fused-ring (bicyclic) bond motifs is 4. The summed E-state index contributed by atoms with van der Waals surface area (Å²) in [6, 6.07) is 3.20. The maximum absolute atomic E-state index is 13.1. The molecule has 0 atom stereocenters. The summed E-state index contributed by atoms with van der Waals surface area (Å²) >= 11 is 0. The number of methoxy groups -OCH3 is 4. The van der Waals surface area contributed by atoms with Crippen LogP contribution >= 0.6 is 0 Å². The highest BCUT2D eigenvalue weighted by molar-refractivity contribution is 6.10. The molecule has 2 aromatic carbocycles. The van der Waals surface area contributed by atoms with E-state index in [4.69, 9.17) is 36.6 Å². The van der Waals surface area contributed by atoms with Crippen molar-refractivity contribution in [3.8, 4) is 34.5 Å². The fraction of sp³-hybridized carbons (Fsp3) is 0.185. The van der Waals surface area contributed by atoms with E-state index in [2.05, 4.69) is 0 Å². The lowest BCUT2D eigenvalue weighted by atomic mass is 10.0. The lowest BCUT2D eigenvalue weighted by Gasteiger charge is -2.15. The summed E-state index contributed by atoms with van der Waals surface area (Å²) in [7, 11) is 5.45. The van der Waals surface area contributed by atoms with Crippen molar-refractivity contribution >= 4 is 43.9 Å².